The van der Waals surface area contributed by atoms with Crippen LogP contribution in [-0.4, -0.2) is 0 Å². The molecule has 0 rings (SSSR count). The first kappa shape index (κ1) is 10.5. The third-order valence-corrected chi connectivity index (χ3v) is 0.667. The summed E-state index contributed by atoms with van der Waals surface area (Å²) in [5, 5.41) is 0. The van der Waals surface area contributed by atoms with Gasteiger partial charge in [0, 0.05) is 0 Å². The molecule has 0 aliphatic rings. The van der Waals surface area contributed by atoms with E-state index in [-0.39, 0.29) is 0 Å². The minimum absolute atomic E-state index is 2.00. The third kappa shape index (κ3) is 50.2. The molecule has 0 aliphatic heterocycles. The molecule has 0 radical (unpaired) electrons. The van der Waals surface area contributed by atoms with Crippen molar-refractivity contribution in [1.82, 2.24) is 0 Å². The molecule has 0 saturated carbocycles. The Morgan fingerprint density at radius 3 is 0.625 bits per heavy atom. The van der Waals surface area contributed by atoms with Gasteiger partial charge >= 0.3 is 0 Å². The first-order valence-electron chi connectivity index (χ1n) is 2.98. The number of hydrogen-bond donors (Lipinski definition) is 0. The highest BCUT2D eigenvalue weighted by molar-refractivity contribution is 4.68. The van der Waals surface area contributed by atoms with Gasteiger partial charge in [-0.3, -0.25) is 0 Å². The molecule has 0 heteroatoms. The number of allylic oxidation sites excluding steroid dienone is 4. The average Bonchev–Trinajstić information content (AvgIpc) is 1.88. The van der Waals surface area contributed by atoms with Gasteiger partial charge in [-0.1, -0.05) is 24.3 Å². The monoisotopic (exact) mass is 112 g/mol. The van der Waals surface area contributed by atoms with Crippen molar-refractivity contribution < 1.29 is 0 Å². The molecule has 0 fully saturated rings. The van der Waals surface area contributed by atoms with E-state index in [4.69, 9.17) is 0 Å². The second-order valence-electron chi connectivity index (χ2n) is 1.33. The van der Waals surface area contributed by atoms with E-state index in [0.29, 0.717) is 0 Å². The molecule has 0 N–H and O–H groups in total. The molecule has 0 aromatic heterocycles. The van der Waals surface area contributed by atoms with Crippen molar-refractivity contribution in [1.29, 1.82) is 0 Å². The van der Waals surface area contributed by atoms with Gasteiger partial charge in [-0.15, -0.1) is 0 Å². The number of rotatable bonds is 0. The summed E-state index contributed by atoms with van der Waals surface area (Å²) in [4.78, 5) is 0. The van der Waals surface area contributed by atoms with Crippen LogP contribution in [0.25, 0.3) is 0 Å². The first-order valence-corrected chi connectivity index (χ1v) is 2.98. The topological polar surface area (TPSA) is 0 Å². The summed E-state index contributed by atoms with van der Waals surface area (Å²) < 4.78 is 0. The maximum absolute atomic E-state index is 2.00. The fourth-order valence-electron chi connectivity index (χ4n) is 0. The quantitative estimate of drug-likeness (QED) is 0.422. The summed E-state index contributed by atoms with van der Waals surface area (Å²) in [5.41, 5.74) is 0. The van der Waals surface area contributed by atoms with Gasteiger partial charge in [0.25, 0.3) is 0 Å². The summed E-state index contributed by atoms with van der Waals surface area (Å²) in [7, 11) is 0. The van der Waals surface area contributed by atoms with E-state index in [2.05, 4.69) is 0 Å². The lowest BCUT2D eigenvalue weighted by molar-refractivity contribution is 1.64. The van der Waals surface area contributed by atoms with Crippen molar-refractivity contribution >= 4 is 0 Å². The maximum Gasteiger partial charge on any atom is -0.0470 e. The fraction of sp³-hybridized carbons (Fsp3) is 0.500. The summed E-state index contributed by atoms with van der Waals surface area (Å²) in [5.74, 6) is 0. The molecule has 8 heavy (non-hydrogen) atoms. The second-order valence-corrected chi connectivity index (χ2v) is 1.33. The molecule has 0 bridgehead atoms. The molecule has 0 spiro atoms. The molecule has 0 nitrogen and oxygen atoms in total. The van der Waals surface area contributed by atoms with E-state index >= 15 is 0 Å². The van der Waals surface area contributed by atoms with Crippen molar-refractivity contribution in [2.45, 2.75) is 27.7 Å². The highest BCUT2D eigenvalue weighted by Gasteiger charge is 1.34. The minimum Gasteiger partial charge on any atom is -0.0919 e. The standard InChI is InChI=1S/2C4H8/c2*1-3-4-2/h2*3-4H,1-2H3/b2*4-3-. The zero-order valence-corrected chi connectivity index (χ0v) is 6.31. The fourth-order valence-corrected chi connectivity index (χ4v) is 0. The normalized spacial score (nSPS) is 9.50. The van der Waals surface area contributed by atoms with E-state index in [1.807, 2.05) is 52.0 Å². The van der Waals surface area contributed by atoms with Crippen LogP contribution in [0.2, 0.25) is 0 Å². The van der Waals surface area contributed by atoms with Crippen LogP contribution in [0.3, 0.4) is 0 Å². The highest BCUT2D eigenvalue weighted by atomic mass is 13.4. The zero-order valence-electron chi connectivity index (χ0n) is 6.31. The van der Waals surface area contributed by atoms with Crippen molar-refractivity contribution in [3.63, 3.8) is 0 Å². The Labute approximate surface area is 52.9 Å². The zero-order chi connectivity index (χ0) is 6.83. The van der Waals surface area contributed by atoms with Crippen LogP contribution >= 0.6 is 0 Å². The largest absolute Gasteiger partial charge is 0.0919 e. The second kappa shape index (κ2) is 16.1. The molecule has 0 aromatic carbocycles. The predicted molar refractivity (Wildman–Crippen MR) is 41.0 cm³/mol. The molecule has 0 heterocycles. The van der Waals surface area contributed by atoms with E-state index in [0.717, 1.165) is 0 Å². The van der Waals surface area contributed by atoms with Gasteiger partial charge in [-0.05, 0) is 27.7 Å². The van der Waals surface area contributed by atoms with Gasteiger partial charge in [0.2, 0.25) is 0 Å². The smallest absolute Gasteiger partial charge is 0.0470 e. The molecule has 0 saturated heterocycles. The van der Waals surface area contributed by atoms with Gasteiger partial charge in [-0.2, -0.15) is 0 Å². The lowest BCUT2D eigenvalue weighted by Gasteiger charge is -1.49. The first-order chi connectivity index (χ1) is 3.83. The Kier molecular flexibility index (Phi) is 21.0. The summed E-state index contributed by atoms with van der Waals surface area (Å²) in [6, 6.07) is 0. The van der Waals surface area contributed by atoms with Crippen LogP contribution in [0.15, 0.2) is 24.3 Å². The van der Waals surface area contributed by atoms with E-state index in [9.17, 15) is 0 Å². The van der Waals surface area contributed by atoms with Gasteiger partial charge in [-0.25, -0.2) is 0 Å². The maximum atomic E-state index is 2.00. The minimum atomic E-state index is 2.00. The van der Waals surface area contributed by atoms with Crippen molar-refractivity contribution in [2.75, 3.05) is 0 Å². The van der Waals surface area contributed by atoms with Crippen molar-refractivity contribution in [2.24, 2.45) is 0 Å². The van der Waals surface area contributed by atoms with E-state index < -0.39 is 0 Å². The van der Waals surface area contributed by atoms with E-state index in [1.54, 1.807) is 0 Å². The molecular weight excluding hydrogens is 96.1 g/mol. The Morgan fingerprint density at radius 1 is 0.500 bits per heavy atom. The number of hydrogen-bond acceptors (Lipinski definition) is 0. The van der Waals surface area contributed by atoms with Gasteiger partial charge in [0.15, 0.2) is 0 Å². The van der Waals surface area contributed by atoms with E-state index in [1.165, 1.54) is 0 Å². The van der Waals surface area contributed by atoms with Gasteiger partial charge < -0.3 is 0 Å². The Bertz CT molecular complexity index is 40.4. The lowest BCUT2D eigenvalue weighted by atomic mass is 10.6. The van der Waals surface area contributed by atoms with Crippen LogP contribution in [0, 0.1) is 0 Å². The summed E-state index contributed by atoms with van der Waals surface area (Å²) in [6.45, 7) is 8.00. The lowest BCUT2D eigenvalue weighted by Crippen LogP contribution is -1.26. The molecule has 48 valence electrons. The Balaban J connectivity index is 0. The van der Waals surface area contributed by atoms with Crippen LogP contribution < -0.4 is 0 Å². The molecule has 0 amide bonds. The van der Waals surface area contributed by atoms with Crippen LogP contribution in [-0.2, 0) is 0 Å². The summed E-state index contributed by atoms with van der Waals surface area (Å²) >= 11 is 0. The third-order valence-electron chi connectivity index (χ3n) is 0.667. The molecule has 0 aliphatic carbocycles. The van der Waals surface area contributed by atoms with Crippen LogP contribution in [0.1, 0.15) is 27.7 Å². The van der Waals surface area contributed by atoms with Crippen molar-refractivity contribution in [3.05, 3.63) is 24.3 Å². The average molecular weight is 112 g/mol. The summed E-state index contributed by atoms with van der Waals surface area (Å²) in [6.07, 6.45) is 8.00. The Morgan fingerprint density at radius 2 is 0.625 bits per heavy atom. The van der Waals surface area contributed by atoms with Gasteiger partial charge in [0.1, 0.15) is 0 Å². The molecule has 0 unspecified atom stereocenters. The SMILES string of the molecule is C/C=C\C.C/C=C\C. The molecule has 0 atom stereocenters. The molecular formula is C8H16. The van der Waals surface area contributed by atoms with Gasteiger partial charge in [0.05, 0.1) is 0 Å². The van der Waals surface area contributed by atoms with Crippen molar-refractivity contribution in [3.8, 4) is 0 Å². The molecule has 0 aromatic rings. The van der Waals surface area contributed by atoms with Crippen LogP contribution in [0.5, 0.6) is 0 Å². The predicted octanol–water partition coefficient (Wildman–Crippen LogP) is 3.16. The highest BCUT2D eigenvalue weighted by Crippen LogP contribution is 1.57. The van der Waals surface area contributed by atoms with Crippen LogP contribution in [0.4, 0.5) is 0 Å². The Hall–Kier alpha value is -0.520.